The fourth-order valence-electron chi connectivity index (χ4n) is 1.45. The Morgan fingerprint density at radius 2 is 2.16 bits per heavy atom. The molecule has 0 bridgehead atoms. The minimum atomic E-state index is -1.11. The minimum Gasteiger partial charge on any atom is -0.313 e. The van der Waals surface area contributed by atoms with Crippen LogP contribution in [0.5, 0.6) is 0 Å². The van der Waals surface area contributed by atoms with Crippen molar-refractivity contribution >= 4 is 17.0 Å². The monoisotopic (exact) mass is 286 g/mol. The number of rotatable bonds is 4. The Hall–Kier alpha value is -2.00. The number of hydrogen-bond donors (Lipinski definition) is 1. The van der Waals surface area contributed by atoms with Gasteiger partial charge in [0, 0.05) is 6.54 Å². The van der Waals surface area contributed by atoms with E-state index in [1.807, 2.05) is 0 Å². The van der Waals surface area contributed by atoms with E-state index in [0.717, 1.165) is 17.4 Å². The summed E-state index contributed by atoms with van der Waals surface area (Å²) in [6, 6.07) is 1.40. The number of nitrogens with zero attached hydrogens (tertiary/aromatic N) is 3. The van der Waals surface area contributed by atoms with Crippen LogP contribution >= 0.6 is 11.3 Å². The smallest absolute Gasteiger partial charge is 0.308 e. The van der Waals surface area contributed by atoms with E-state index in [2.05, 4.69) is 15.5 Å². The van der Waals surface area contributed by atoms with Gasteiger partial charge >= 0.3 is 5.69 Å². The lowest BCUT2D eigenvalue weighted by molar-refractivity contribution is -0.387. The molecule has 0 atom stereocenters. The summed E-state index contributed by atoms with van der Waals surface area (Å²) in [7, 11) is 1.70. The third-order valence-corrected chi connectivity index (χ3v) is 3.20. The van der Waals surface area contributed by atoms with Crippen molar-refractivity contribution in [3.63, 3.8) is 0 Å². The number of aromatic nitrogens is 2. The van der Waals surface area contributed by atoms with Gasteiger partial charge in [0.25, 0.3) is 0 Å². The molecule has 0 spiro atoms. The van der Waals surface area contributed by atoms with Crippen LogP contribution in [0.2, 0.25) is 0 Å². The predicted octanol–water partition coefficient (Wildman–Crippen LogP) is 2.11. The zero-order valence-corrected chi connectivity index (χ0v) is 10.5. The van der Waals surface area contributed by atoms with E-state index in [9.17, 15) is 18.9 Å². The van der Waals surface area contributed by atoms with Crippen LogP contribution in [0.25, 0.3) is 10.6 Å². The number of halogens is 2. The van der Waals surface area contributed by atoms with E-state index < -0.39 is 22.2 Å². The first-order chi connectivity index (χ1) is 9.02. The zero-order chi connectivity index (χ0) is 14.0. The van der Waals surface area contributed by atoms with Gasteiger partial charge in [-0.25, -0.2) is 4.39 Å². The van der Waals surface area contributed by atoms with Gasteiger partial charge in [-0.3, -0.25) is 10.1 Å². The molecule has 1 aromatic heterocycles. The van der Waals surface area contributed by atoms with Crippen molar-refractivity contribution in [3.05, 3.63) is 38.9 Å². The topological polar surface area (TPSA) is 81.0 Å². The fourth-order valence-corrected chi connectivity index (χ4v) is 2.31. The molecule has 0 aliphatic carbocycles. The Morgan fingerprint density at radius 1 is 1.42 bits per heavy atom. The molecule has 0 saturated carbocycles. The molecular formula is C10H8F2N4O2S. The molecule has 9 heteroatoms. The largest absolute Gasteiger partial charge is 0.313 e. The van der Waals surface area contributed by atoms with Gasteiger partial charge in [-0.15, -0.1) is 10.2 Å². The van der Waals surface area contributed by atoms with Crippen molar-refractivity contribution in [2.24, 2.45) is 0 Å². The number of nitro groups is 1. The Morgan fingerprint density at radius 3 is 2.79 bits per heavy atom. The lowest BCUT2D eigenvalue weighted by atomic mass is 10.2. The average molecular weight is 286 g/mol. The van der Waals surface area contributed by atoms with Crippen LogP contribution in [-0.4, -0.2) is 22.2 Å². The standard InChI is InChI=1S/C10H8F2N4O2S/c1-13-4-8-14-15-10(19-8)6-2-5(11)3-7(9(6)12)16(17)18/h2-3,13H,4H2,1H3. The number of nitrogens with one attached hydrogen (secondary N) is 1. The SMILES string of the molecule is CNCc1nnc(-c2cc(F)cc([N+](=O)[O-])c2F)s1. The Labute approximate surface area is 110 Å². The van der Waals surface area contributed by atoms with Gasteiger partial charge in [-0.1, -0.05) is 11.3 Å². The summed E-state index contributed by atoms with van der Waals surface area (Å²) in [5.41, 5.74) is -1.17. The second-order valence-corrected chi connectivity index (χ2v) is 4.64. The van der Waals surface area contributed by atoms with Gasteiger partial charge < -0.3 is 5.32 Å². The van der Waals surface area contributed by atoms with E-state index in [4.69, 9.17) is 0 Å². The molecule has 1 aromatic carbocycles. The molecule has 2 aromatic rings. The maximum Gasteiger partial charge on any atom is 0.308 e. The molecule has 0 fully saturated rings. The van der Waals surface area contributed by atoms with Crippen molar-refractivity contribution in [1.29, 1.82) is 0 Å². The Kier molecular flexibility index (Phi) is 3.76. The van der Waals surface area contributed by atoms with Crippen LogP contribution in [0.4, 0.5) is 14.5 Å². The molecule has 19 heavy (non-hydrogen) atoms. The minimum absolute atomic E-state index is 0.102. The van der Waals surface area contributed by atoms with Gasteiger partial charge in [0.2, 0.25) is 5.82 Å². The van der Waals surface area contributed by atoms with Gasteiger partial charge in [0.05, 0.1) is 16.6 Å². The molecule has 100 valence electrons. The summed E-state index contributed by atoms with van der Waals surface area (Å²) in [6.45, 7) is 0.427. The normalized spacial score (nSPS) is 10.7. The lowest BCUT2D eigenvalue weighted by Gasteiger charge is -2.00. The van der Waals surface area contributed by atoms with Gasteiger partial charge in [-0.2, -0.15) is 4.39 Å². The van der Waals surface area contributed by atoms with Crippen LogP contribution in [0.3, 0.4) is 0 Å². The zero-order valence-electron chi connectivity index (χ0n) is 9.68. The molecule has 0 aliphatic heterocycles. The molecule has 2 rings (SSSR count). The highest BCUT2D eigenvalue weighted by Gasteiger charge is 2.23. The number of benzene rings is 1. The van der Waals surface area contributed by atoms with Crippen molar-refractivity contribution < 1.29 is 13.7 Å². The highest BCUT2D eigenvalue weighted by atomic mass is 32.1. The number of hydrogen-bond acceptors (Lipinski definition) is 6. The van der Waals surface area contributed by atoms with Crippen LogP contribution in [-0.2, 0) is 6.54 Å². The molecule has 0 aliphatic rings. The third kappa shape index (κ3) is 2.71. The van der Waals surface area contributed by atoms with E-state index in [-0.39, 0.29) is 10.6 Å². The van der Waals surface area contributed by atoms with E-state index in [1.165, 1.54) is 0 Å². The molecule has 0 unspecified atom stereocenters. The summed E-state index contributed by atoms with van der Waals surface area (Å²) in [6.07, 6.45) is 0. The molecule has 6 nitrogen and oxygen atoms in total. The second-order valence-electron chi connectivity index (χ2n) is 3.57. The van der Waals surface area contributed by atoms with Crippen LogP contribution in [0.1, 0.15) is 5.01 Å². The average Bonchev–Trinajstić information content (AvgIpc) is 2.80. The number of nitro benzene ring substituents is 1. The van der Waals surface area contributed by atoms with E-state index in [0.29, 0.717) is 17.6 Å². The van der Waals surface area contributed by atoms with Crippen LogP contribution in [0, 0.1) is 21.7 Å². The third-order valence-electron chi connectivity index (χ3n) is 2.24. The highest BCUT2D eigenvalue weighted by Crippen LogP contribution is 2.32. The molecular weight excluding hydrogens is 278 g/mol. The van der Waals surface area contributed by atoms with Gasteiger partial charge in [-0.05, 0) is 13.1 Å². The summed E-state index contributed by atoms with van der Waals surface area (Å²) >= 11 is 1.04. The molecule has 1 N–H and O–H groups in total. The maximum atomic E-state index is 13.9. The van der Waals surface area contributed by atoms with Gasteiger partial charge in [0.1, 0.15) is 10.8 Å². The van der Waals surface area contributed by atoms with Crippen molar-refractivity contribution in [1.82, 2.24) is 15.5 Å². The van der Waals surface area contributed by atoms with Crippen LogP contribution in [0.15, 0.2) is 12.1 Å². The van der Waals surface area contributed by atoms with E-state index in [1.54, 1.807) is 7.05 Å². The molecule has 1 heterocycles. The molecule has 0 amide bonds. The summed E-state index contributed by atoms with van der Waals surface area (Å²) in [4.78, 5) is 9.65. The second kappa shape index (κ2) is 5.33. The van der Waals surface area contributed by atoms with Crippen molar-refractivity contribution in [3.8, 4) is 10.6 Å². The quantitative estimate of drug-likeness (QED) is 0.687. The highest BCUT2D eigenvalue weighted by molar-refractivity contribution is 7.14. The summed E-state index contributed by atoms with van der Waals surface area (Å²) in [5, 5.41) is 21.6. The maximum absolute atomic E-state index is 13.9. The molecule has 0 saturated heterocycles. The lowest BCUT2D eigenvalue weighted by Crippen LogP contribution is -2.04. The first kappa shape index (κ1) is 13.4. The van der Waals surface area contributed by atoms with Crippen LogP contribution < -0.4 is 5.32 Å². The van der Waals surface area contributed by atoms with E-state index >= 15 is 0 Å². The first-order valence-electron chi connectivity index (χ1n) is 5.13. The van der Waals surface area contributed by atoms with Crippen molar-refractivity contribution in [2.45, 2.75) is 6.54 Å². The molecule has 0 radical (unpaired) electrons. The van der Waals surface area contributed by atoms with Crippen molar-refractivity contribution in [2.75, 3.05) is 7.05 Å². The van der Waals surface area contributed by atoms with Gasteiger partial charge in [0.15, 0.2) is 5.01 Å². The predicted molar refractivity (Wildman–Crippen MR) is 64.7 cm³/mol. The first-order valence-corrected chi connectivity index (χ1v) is 5.95. The Balaban J connectivity index is 2.51. The fraction of sp³-hybridized carbons (Fsp3) is 0.200. The summed E-state index contributed by atoms with van der Waals surface area (Å²) in [5.74, 6) is -2.01. The Bertz CT molecular complexity index is 632. The summed E-state index contributed by atoms with van der Waals surface area (Å²) < 4.78 is 27.2.